The molecule has 0 amide bonds. The Labute approximate surface area is 77.2 Å². The molecule has 1 aromatic heterocycles. The molecular weight excluding hydrogens is 191 g/mol. The molecule has 0 spiro atoms. The minimum atomic E-state index is -1.10. The average molecular weight is 196 g/mol. The summed E-state index contributed by atoms with van der Waals surface area (Å²) in [6.07, 6.45) is 0. The molecule has 0 atom stereocenters. The fraction of sp³-hybridized carbons (Fsp3) is 0. The molecule has 1 heterocycles. The van der Waals surface area contributed by atoms with Crippen LogP contribution in [0.3, 0.4) is 0 Å². The number of aromatic carboxylic acids is 1. The second kappa shape index (κ2) is 2.81. The molecule has 13 heavy (non-hydrogen) atoms. The first-order valence-electron chi connectivity index (χ1n) is 3.58. The van der Waals surface area contributed by atoms with Gasteiger partial charge in [-0.1, -0.05) is 0 Å². The SMILES string of the molecule is O=C(O)c1cc(F)c2ccsc2c1. The Morgan fingerprint density at radius 2 is 2.23 bits per heavy atom. The number of carboxylic acids is 1. The Bertz CT molecular complexity index is 475. The van der Waals surface area contributed by atoms with Crippen LogP contribution in [0.1, 0.15) is 10.4 Å². The van der Waals surface area contributed by atoms with Gasteiger partial charge in [0.1, 0.15) is 5.82 Å². The Morgan fingerprint density at radius 1 is 1.46 bits per heavy atom. The van der Waals surface area contributed by atoms with Crippen molar-refractivity contribution in [3.05, 3.63) is 35.0 Å². The standard InChI is InChI=1S/C9H5FO2S/c10-7-3-5(9(11)12)4-8-6(7)1-2-13-8/h1-4H,(H,11,12). The average Bonchev–Trinajstić information content (AvgIpc) is 2.51. The molecule has 4 heteroatoms. The van der Waals surface area contributed by atoms with E-state index < -0.39 is 11.8 Å². The largest absolute Gasteiger partial charge is 0.478 e. The maximum Gasteiger partial charge on any atom is 0.335 e. The second-order valence-electron chi connectivity index (χ2n) is 2.60. The van der Waals surface area contributed by atoms with E-state index in [0.29, 0.717) is 10.1 Å². The van der Waals surface area contributed by atoms with Crippen molar-refractivity contribution in [2.75, 3.05) is 0 Å². The quantitative estimate of drug-likeness (QED) is 0.761. The van der Waals surface area contributed by atoms with Gasteiger partial charge >= 0.3 is 5.97 Å². The van der Waals surface area contributed by atoms with Gasteiger partial charge in [-0.15, -0.1) is 11.3 Å². The van der Waals surface area contributed by atoms with E-state index in [4.69, 9.17) is 5.11 Å². The summed E-state index contributed by atoms with van der Waals surface area (Å²) in [7, 11) is 0. The van der Waals surface area contributed by atoms with E-state index in [2.05, 4.69) is 0 Å². The van der Waals surface area contributed by atoms with Crippen molar-refractivity contribution in [2.24, 2.45) is 0 Å². The monoisotopic (exact) mass is 196 g/mol. The minimum absolute atomic E-state index is 0.00699. The molecule has 0 aliphatic rings. The Kier molecular flexibility index (Phi) is 1.77. The number of rotatable bonds is 1. The highest BCUT2D eigenvalue weighted by Gasteiger charge is 2.08. The Hall–Kier alpha value is -1.42. The third-order valence-corrected chi connectivity index (χ3v) is 2.63. The molecule has 2 rings (SSSR count). The van der Waals surface area contributed by atoms with E-state index in [9.17, 15) is 9.18 Å². The first-order valence-corrected chi connectivity index (χ1v) is 4.46. The third-order valence-electron chi connectivity index (χ3n) is 1.77. The van der Waals surface area contributed by atoms with Crippen molar-refractivity contribution >= 4 is 27.4 Å². The van der Waals surface area contributed by atoms with Crippen LogP contribution in [-0.2, 0) is 0 Å². The summed E-state index contributed by atoms with van der Waals surface area (Å²) >= 11 is 1.33. The van der Waals surface area contributed by atoms with Crippen LogP contribution >= 0.6 is 11.3 Å². The lowest BCUT2D eigenvalue weighted by Crippen LogP contribution is -1.96. The van der Waals surface area contributed by atoms with Crippen LogP contribution in [0.25, 0.3) is 10.1 Å². The van der Waals surface area contributed by atoms with Gasteiger partial charge in [0.25, 0.3) is 0 Å². The predicted molar refractivity (Wildman–Crippen MR) is 48.7 cm³/mol. The van der Waals surface area contributed by atoms with Gasteiger partial charge in [0, 0.05) is 10.1 Å². The smallest absolute Gasteiger partial charge is 0.335 e. The number of thiophene rings is 1. The number of carboxylic acid groups (broad SMARTS) is 1. The summed E-state index contributed by atoms with van der Waals surface area (Å²) < 4.78 is 13.8. The Balaban J connectivity index is 2.77. The maximum absolute atomic E-state index is 13.2. The summed E-state index contributed by atoms with van der Waals surface area (Å²) in [6, 6.07) is 4.16. The van der Waals surface area contributed by atoms with Crippen molar-refractivity contribution in [3.8, 4) is 0 Å². The molecule has 0 radical (unpaired) electrons. The van der Waals surface area contributed by atoms with E-state index in [1.165, 1.54) is 17.4 Å². The molecule has 2 nitrogen and oxygen atoms in total. The summed E-state index contributed by atoms with van der Waals surface area (Å²) in [5.41, 5.74) is -0.00699. The summed E-state index contributed by atoms with van der Waals surface area (Å²) in [5, 5.41) is 10.9. The lowest BCUT2D eigenvalue weighted by atomic mass is 10.2. The summed E-state index contributed by atoms with van der Waals surface area (Å²) in [4.78, 5) is 10.6. The zero-order chi connectivity index (χ0) is 9.42. The number of benzene rings is 1. The topological polar surface area (TPSA) is 37.3 Å². The van der Waals surface area contributed by atoms with Crippen LogP contribution in [0.4, 0.5) is 4.39 Å². The molecule has 2 aromatic rings. The van der Waals surface area contributed by atoms with E-state index in [-0.39, 0.29) is 5.56 Å². The van der Waals surface area contributed by atoms with Crippen molar-refractivity contribution < 1.29 is 14.3 Å². The molecule has 0 saturated carbocycles. The minimum Gasteiger partial charge on any atom is -0.478 e. The van der Waals surface area contributed by atoms with Crippen LogP contribution in [0.15, 0.2) is 23.6 Å². The van der Waals surface area contributed by atoms with Crippen molar-refractivity contribution in [1.82, 2.24) is 0 Å². The molecule has 1 aromatic carbocycles. The number of fused-ring (bicyclic) bond motifs is 1. The molecule has 66 valence electrons. The summed E-state index contributed by atoms with van der Waals surface area (Å²) in [5.74, 6) is -1.58. The van der Waals surface area contributed by atoms with Crippen LogP contribution in [0, 0.1) is 5.82 Å². The lowest BCUT2D eigenvalue weighted by molar-refractivity contribution is 0.0696. The number of hydrogen-bond donors (Lipinski definition) is 1. The highest BCUT2D eigenvalue weighted by Crippen LogP contribution is 2.24. The first-order chi connectivity index (χ1) is 6.18. The highest BCUT2D eigenvalue weighted by atomic mass is 32.1. The van der Waals surface area contributed by atoms with E-state index in [1.54, 1.807) is 11.4 Å². The Morgan fingerprint density at radius 3 is 2.92 bits per heavy atom. The van der Waals surface area contributed by atoms with Gasteiger partial charge in [-0.3, -0.25) is 0 Å². The summed E-state index contributed by atoms with van der Waals surface area (Å²) in [6.45, 7) is 0. The van der Waals surface area contributed by atoms with Gasteiger partial charge < -0.3 is 5.11 Å². The first kappa shape index (κ1) is 8.19. The van der Waals surface area contributed by atoms with E-state index in [0.717, 1.165) is 6.07 Å². The number of hydrogen-bond acceptors (Lipinski definition) is 2. The second-order valence-corrected chi connectivity index (χ2v) is 3.54. The predicted octanol–water partition coefficient (Wildman–Crippen LogP) is 2.74. The molecule has 0 unspecified atom stereocenters. The van der Waals surface area contributed by atoms with Crippen molar-refractivity contribution in [2.45, 2.75) is 0 Å². The van der Waals surface area contributed by atoms with E-state index in [1.807, 2.05) is 0 Å². The number of carbonyl (C=O) groups is 1. The van der Waals surface area contributed by atoms with Crippen LogP contribution in [0.5, 0.6) is 0 Å². The lowest BCUT2D eigenvalue weighted by Gasteiger charge is -1.96. The van der Waals surface area contributed by atoms with Crippen molar-refractivity contribution in [1.29, 1.82) is 0 Å². The van der Waals surface area contributed by atoms with E-state index >= 15 is 0 Å². The number of halogens is 1. The van der Waals surface area contributed by atoms with Crippen LogP contribution < -0.4 is 0 Å². The molecule has 0 saturated heterocycles. The van der Waals surface area contributed by atoms with Gasteiger partial charge in [-0.25, -0.2) is 9.18 Å². The van der Waals surface area contributed by atoms with Gasteiger partial charge in [-0.2, -0.15) is 0 Å². The molecule has 0 aliphatic carbocycles. The molecule has 0 bridgehead atoms. The van der Waals surface area contributed by atoms with Gasteiger partial charge in [0.2, 0.25) is 0 Å². The third kappa shape index (κ3) is 1.29. The van der Waals surface area contributed by atoms with Gasteiger partial charge in [0.05, 0.1) is 5.56 Å². The molecular formula is C9H5FO2S. The zero-order valence-corrected chi connectivity index (χ0v) is 7.27. The van der Waals surface area contributed by atoms with Crippen LogP contribution in [-0.4, -0.2) is 11.1 Å². The molecule has 0 fully saturated rings. The van der Waals surface area contributed by atoms with Crippen molar-refractivity contribution in [3.63, 3.8) is 0 Å². The highest BCUT2D eigenvalue weighted by molar-refractivity contribution is 7.17. The normalized spacial score (nSPS) is 10.5. The van der Waals surface area contributed by atoms with Gasteiger partial charge in [-0.05, 0) is 23.6 Å². The van der Waals surface area contributed by atoms with Crippen LogP contribution in [0.2, 0.25) is 0 Å². The molecule has 1 N–H and O–H groups in total. The molecule has 0 aliphatic heterocycles. The van der Waals surface area contributed by atoms with Gasteiger partial charge in [0.15, 0.2) is 0 Å². The maximum atomic E-state index is 13.2. The fourth-order valence-corrected chi connectivity index (χ4v) is 1.99. The fourth-order valence-electron chi connectivity index (χ4n) is 1.15. The zero-order valence-electron chi connectivity index (χ0n) is 6.45.